The SMILES string of the molecule is CCOc1ccccc1N=C(CC)C(CCc1ccccc1)=Nc1ccccc1OCC. The van der Waals surface area contributed by atoms with Gasteiger partial charge in [0.1, 0.15) is 22.9 Å². The van der Waals surface area contributed by atoms with Crippen LogP contribution in [0.2, 0.25) is 0 Å². The molecule has 0 aliphatic rings. The minimum absolute atomic E-state index is 0.600. The summed E-state index contributed by atoms with van der Waals surface area (Å²) in [6.45, 7) is 7.29. The Balaban J connectivity index is 2.02. The van der Waals surface area contributed by atoms with Crippen LogP contribution in [0.3, 0.4) is 0 Å². The molecule has 3 aromatic carbocycles. The highest BCUT2D eigenvalue weighted by Gasteiger charge is 2.12. The van der Waals surface area contributed by atoms with E-state index in [0.717, 1.165) is 53.6 Å². The van der Waals surface area contributed by atoms with E-state index in [1.807, 2.05) is 68.4 Å². The monoisotopic (exact) mass is 428 g/mol. The van der Waals surface area contributed by atoms with E-state index in [1.165, 1.54) is 5.56 Å². The average Bonchev–Trinajstić information content (AvgIpc) is 2.83. The number of hydrogen-bond donors (Lipinski definition) is 0. The second kappa shape index (κ2) is 12.5. The van der Waals surface area contributed by atoms with Gasteiger partial charge in [-0.3, -0.25) is 0 Å². The first-order chi connectivity index (χ1) is 15.7. The van der Waals surface area contributed by atoms with Gasteiger partial charge in [0.05, 0.1) is 24.6 Å². The predicted octanol–water partition coefficient (Wildman–Crippen LogP) is 7.37. The van der Waals surface area contributed by atoms with Gasteiger partial charge in [0.15, 0.2) is 0 Å². The van der Waals surface area contributed by atoms with Crippen LogP contribution in [0.15, 0.2) is 88.8 Å². The lowest BCUT2D eigenvalue weighted by atomic mass is 10.0. The van der Waals surface area contributed by atoms with Gasteiger partial charge in [0.2, 0.25) is 0 Å². The van der Waals surface area contributed by atoms with E-state index in [0.29, 0.717) is 13.2 Å². The van der Waals surface area contributed by atoms with Gasteiger partial charge in [-0.05, 0) is 62.9 Å². The number of ether oxygens (including phenoxy) is 2. The summed E-state index contributed by atoms with van der Waals surface area (Å²) in [6, 6.07) is 26.3. The van der Waals surface area contributed by atoms with Gasteiger partial charge in [0.25, 0.3) is 0 Å². The molecule has 32 heavy (non-hydrogen) atoms. The Morgan fingerprint density at radius 1 is 0.625 bits per heavy atom. The molecule has 0 atom stereocenters. The van der Waals surface area contributed by atoms with Gasteiger partial charge in [-0.25, -0.2) is 9.98 Å². The van der Waals surface area contributed by atoms with Gasteiger partial charge < -0.3 is 9.47 Å². The molecule has 0 aromatic heterocycles. The Hall–Kier alpha value is -3.40. The van der Waals surface area contributed by atoms with Crippen molar-refractivity contribution in [3.05, 3.63) is 84.4 Å². The van der Waals surface area contributed by atoms with Crippen LogP contribution in [0.5, 0.6) is 11.5 Å². The van der Waals surface area contributed by atoms with E-state index in [4.69, 9.17) is 19.5 Å². The fourth-order valence-corrected chi connectivity index (χ4v) is 3.46. The Kier molecular flexibility index (Phi) is 9.05. The lowest BCUT2D eigenvalue weighted by molar-refractivity contribution is 0.341. The first kappa shape index (κ1) is 23.3. The molecule has 0 fully saturated rings. The molecule has 3 rings (SSSR count). The maximum Gasteiger partial charge on any atom is 0.144 e. The van der Waals surface area contributed by atoms with Crippen LogP contribution in [-0.4, -0.2) is 24.6 Å². The van der Waals surface area contributed by atoms with Gasteiger partial charge in [0, 0.05) is 0 Å². The topological polar surface area (TPSA) is 43.2 Å². The van der Waals surface area contributed by atoms with Crippen molar-refractivity contribution in [1.29, 1.82) is 0 Å². The summed E-state index contributed by atoms with van der Waals surface area (Å²) in [7, 11) is 0. The van der Waals surface area contributed by atoms with Crippen molar-refractivity contribution in [3.8, 4) is 11.5 Å². The summed E-state index contributed by atoms with van der Waals surface area (Å²) in [5.74, 6) is 1.58. The highest BCUT2D eigenvalue weighted by Crippen LogP contribution is 2.30. The van der Waals surface area contributed by atoms with Crippen LogP contribution in [0.4, 0.5) is 11.4 Å². The molecular formula is C28H32N2O2. The molecule has 0 unspecified atom stereocenters. The first-order valence-corrected chi connectivity index (χ1v) is 11.4. The number of nitrogens with zero attached hydrogens (tertiary/aromatic N) is 2. The van der Waals surface area contributed by atoms with E-state index >= 15 is 0 Å². The van der Waals surface area contributed by atoms with Crippen LogP contribution < -0.4 is 9.47 Å². The van der Waals surface area contributed by atoms with Crippen molar-refractivity contribution < 1.29 is 9.47 Å². The standard InChI is InChI=1S/C28H32N2O2/c1-4-23(29-25-16-10-12-18-27(25)31-5-2)24(21-20-22-14-8-7-9-15-22)30-26-17-11-13-19-28(26)32-6-3/h7-19H,4-6,20-21H2,1-3H3. The Morgan fingerprint density at radius 3 is 1.66 bits per heavy atom. The lowest BCUT2D eigenvalue weighted by Crippen LogP contribution is -2.14. The maximum atomic E-state index is 5.82. The molecule has 3 aromatic rings. The largest absolute Gasteiger partial charge is 0.492 e. The minimum Gasteiger partial charge on any atom is -0.492 e. The number of benzene rings is 3. The van der Waals surface area contributed by atoms with Crippen molar-refractivity contribution in [2.45, 2.75) is 40.0 Å². The summed E-state index contributed by atoms with van der Waals surface area (Å²) < 4.78 is 11.6. The molecule has 4 heteroatoms. The number of hydrogen-bond acceptors (Lipinski definition) is 4. The highest BCUT2D eigenvalue weighted by molar-refractivity contribution is 6.43. The van der Waals surface area contributed by atoms with E-state index < -0.39 is 0 Å². The summed E-state index contributed by atoms with van der Waals surface area (Å²) in [6.07, 6.45) is 2.45. The van der Waals surface area contributed by atoms with Crippen LogP contribution in [0.25, 0.3) is 0 Å². The highest BCUT2D eigenvalue weighted by atomic mass is 16.5. The predicted molar refractivity (Wildman–Crippen MR) is 134 cm³/mol. The Labute approximate surface area is 191 Å². The number of para-hydroxylation sites is 4. The second-order valence-corrected chi connectivity index (χ2v) is 7.26. The summed E-state index contributed by atoms with van der Waals surface area (Å²) in [4.78, 5) is 10.1. The molecule has 0 aliphatic heterocycles. The average molecular weight is 429 g/mol. The van der Waals surface area contributed by atoms with Crippen LogP contribution in [0.1, 0.15) is 39.2 Å². The summed E-state index contributed by atoms with van der Waals surface area (Å²) in [5.41, 5.74) is 4.87. The van der Waals surface area contributed by atoms with Crippen molar-refractivity contribution in [2.24, 2.45) is 9.98 Å². The van der Waals surface area contributed by atoms with Crippen molar-refractivity contribution in [2.75, 3.05) is 13.2 Å². The van der Waals surface area contributed by atoms with E-state index in [1.54, 1.807) is 0 Å². The normalized spacial score (nSPS) is 12.0. The molecule has 0 amide bonds. The molecule has 166 valence electrons. The van der Waals surface area contributed by atoms with Crippen LogP contribution >= 0.6 is 0 Å². The molecule has 0 saturated carbocycles. The molecule has 0 radical (unpaired) electrons. The zero-order valence-electron chi connectivity index (χ0n) is 19.3. The molecule has 0 spiro atoms. The third-order valence-electron chi connectivity index (χ3n) is 5.00. The Bertz CT molecular complexity index is 1040. The first-order valence-electron chi connectivity index (χ1n) is 11.4. The zero-order chi connectivity index (χ0) is 22.6. The van der Waals surface area contributed by atoms with Crippen molar-refractivity contribution in [3.63, 3.8) is 0 Å². The number of aliphatic imine (C=N–C) groups is 2. The van der Waals surface area contributed by atoms with Crippen molar-refractivity contribution >= 4 is 22.8 Å². The van der Waals surface area contributed by atoms with Gasteiger partial charge in [-0.2, -0.15) is 0 Å². The van der Waals surface area contributed by atoms with E-state index in [2.05, 4.69) is 31.2 Å². The summed E-state index contributed by atoms with van der Waals surface area (Å²) >= 11 is 0. The molecule has 0 N–H and O–H groups in total. The second-order valence-electron chi connectivity index (χ2n) is 7.26. The molecule has 0 heterocycles. The van der Waals surface area contributed by atoms with Gasteiger partial charge in [-0.15, -0.1) is 0 Å². The molecular weight excluding hydrogens is 396 g/mol. The lowest BCUT2D eigenvalue weighted by Gasteiger charge is -2.13. The van der Waals surface area contributed by atoms with Gasteiger partial charge in [-0.1, -0.05) is 61.5 Å². The zero-order valence-corrected chi connectivity index (χ0v) is 19.3. The molecule has 0 saturated heterocycles. The molecule has 0 aliphatic carbocycles. The third-order valence-corrected chi connectivity index (χ3v) is 5.00. The van der Waals surface area contributed by atoms with Crippen molar-refractivity contribution in [1.82, 2.24) is 0 Å². The third kappa shape index (κ3) is 6.55. The maximum absolute atomic E-state index is 5.82. The quantitative estimate of drug-likeness (QED) is 0.299. The number of aryl methyl sites for hydroxylation is 1. The number of rotatable bonds is 11. The van der Waals surface area contributed by atoms with Crippen LogP contribution in [0, 0.1) is 0 Å². The minimum atomic E-state index is 0.600. The van der Waals surface area contributed by atoms with Crippen LogP contribution in [-0.2, 0) is 6.42 Å². The van der Waals surface area contributed by atoms with E-state index in [-0.39, 0.29) is 0 Å². The fourth-order valence-electron chi connectivity index (χ4n) is 3.46. The smallest absolute Gasteiger partial charge is 0.144 e. The fraction of sp³-hybridized carbons (Fsp3) is 0.286. The molecule has 0 bridgehead atoms. The molecule has 4 nitrogen and oxygen atoms in total. The Morgan fingerprint density at radius 2 is 1.12 bits per heavy atom. The van der Waals surface area contributed by atoms with E-state index in [9.17, 15) is 0 Å². The van der Waals surface area contributed by atoms with Gasteiger partial charge >= 0.3 is 0 Å². The summed E-state index contributed by atoms with van der Waals surface area (Å²) in [5, 5.41) is 0.